The first-order valence-electron chi connectivity index (χ1n) is 5.99. The van der Waals surface area contributed by atoms with E-state index < -0.39 is 11.6 Å². The Bertz CT molecular complexity index is 572. The molecule has 0 spiro atoms. The molecule has 1 unspecified atom stereocenters. The van der Waals surface area contributed by atoms with E-state index in [1.165, 1.54) is 6.07 Å². The van der Waals surface area contributed by atoms with Gasteiger partial charge in [-0.25, -0.2) is 8.78 Å². The van der Waals surface area contributed by atoms with Gasteiger partial charge in [-0.05, 0) is 42.3 Å². The van der Waals surface area contributed by atoms with Crippen LogP contribution in [0.2, 0.25) is 5.02 Å². The average molecular weight is 282 g/mol. The molecule has 1 atom stereocenters. The van der Waals surface area contributed by atoms with Gasteiger partial charge in [0, 0.05) is 17.6 Å². The number of halogens is 3. The van der Waals surface area contributed by atoms with E-state index in [0.717, 1.165) is 11.6 Å². The van der Waals surface area contributed by atoms with Gasteiger partial charge in [0.25, 0.3) is 0 Å². The molecule has 0 aromatic heterocycles. The Hall–Kier alpha value is -1.45. The molecule has 19 heavy (non-hydrogen) atoms. The first-order chi connectivity index (χ1) is 9.06. The minimum Gasteiger partial charge on any atom is -0.306 e. The molecule has 0 aliphatic heterocycles. The monoisotopic (exact) mass is 281 g/mol. The van der Waals surface area contributed by atoms with Gasteiger partial charge >= 0.3 is 0 Å². The van der Waals surface area contributed by atoms with Crippen LogP contribution in [0.5, 0.6) is 0 Å². The fourth-order valence-electron chi connectivity index (χ4n) is 1.81. The lowest BCUT2D eigenvalue weighted by molar-refractivity contribution is 0.504. The van der Waals surface area contributed by atoms with Gasteiger partial charge in [0.05, 0.1) is 0 Å². The van der Waals surface area contributed by atoms with E-state index in [4.69, 9.17) is 11.6 Å². The third kappa shape index (κ3) is 3.75. The van der Waals surface area contributed by atoms with Crippen LogP contribution in [0.15, 0.2) is 42.5 Å². The lowest BCUT2D eigenvalue weighted by atomic mass is 10.1. The largest absolute Gasteiger partial charge is 0.306 e. The van der Waals surface area contributed by atoms with Crippen LogP contribution in [0, 0.1) is 11.6 Å². The minimum atomic E-state index is -0.827. The molecule has 100 valence electrons. The zero-order valence-corrected chi connectivity index (χ0v) is 11.2. The summed E-state index contributed by atoms with van der Waals surface area (Å²) in [5, 5.41) is 3.92. The van der Waals surface area contributed by atoms with E-state index in [1.54, 1.807) is 6.07 Å². The molecule has 1 N–H and O–H groups in total. The quantitative estimate of drug-likeness (QED) is 0.872. The Labute approximate surface area is 116 Å². The summed E-state index contributed by atoms with van der Waals surface area (Å²) < 4.78 is 25.9. The molecule has 4 heteroatoms. The third-order valence-electron chi connectivity index (χ3n) is 2.95. The predicted molar refractivity (Wildman–Crippen MR) is 73.1 cm³/mol. The summed E-state index contributed by atoms with van der Waals surface area (Å²) in [4.78, 5) is 0. The number of benzene rings is 2. The van der Waals surface area contributed by atoms with Crippen LogP contribution in [-0.2, 0) is 6.54 Å². The molecule has 0 radical (unpaired) electrons. The fraction of sp³-hybridized carbons (Fsp3) is 0.200. The molecule has 2 rings (SSSR count). The van der Waals surface area contributed by atoms with Gasteiger partial charge in [0.2, 0.25) is 0 Å². The zero-order valence-electron chi connectivity index (χ0n) is 10.5. The molecule has 0 saturated carbocycles. The van der Waals surface area contributed by atoms with Gasteiger partial charge in [-0.2, -0.15) is 0 Å². The van der Waals surface area contributed by atoms with Crippen molar-refractivity contribution >= 4 is 11.6 Å². The molecule has 0 fully saturated rings. The minimum absolute atomic E-state index is 0.0758. The van der Waals surface area contributed by atoms with Crippen molar-refractivity contribution in [3.05, 3.63) is 70.2 Å². The highest BCUT2D eigenvalue weighted by Gasteiger charge is 2.07. The topological polar surface area (TPSA) is 12.0 Å². The van der Waals surface area contributed by atoms with E-state index in [0.29, 0.717) is 17.1 Å². The molecule has 2 aromatic carbocycles. The molecule has 0 saturated heterocycles. The third-order valence-corrected chi connectivity index (χ3v) is 3.18. The molecule has 0 aliphatic carbocycles. The Morgan fingerprint density at radius 1 is 1.11 bits per heavy atom. The first-order valence-corrected chi connectivity index (χ1v) is 6.37. The van der Waals surface area contributed by atoms with Gasteiger partial charge < -0.3 is 5.32 Å². The van der Waals surface area contributed by atoms with Crippen molar-refractivity contribution in [3.8, 4) is 0 Å². The lowest BCUT2D eigenvalue weighted by Gasteiger charge is -2.14. The number of rotatable bonds is 4. The highest BCUT2D eigenvalue weighted by atomic mass is 35.5. The SMILES string of the molecule is CC(NCc1ccc(F)c(F)c1)c1cccc(Cl)c1. The molecule has 2 aromatic rings. The first kappa shape index (κ1) is 14.0. The van der Waals surface area contributed by atoms with Gasteiger partial charge in [0.15, 0.2) is 11.6 Å². The van der Waals surface area contributed by atoms with Crippen molar-refractivity contribution in [2.75, 3.05) is 0 Å². The number of hydrogen-bond donors (Lipinski definition) is 1. The van der Waals surface area contributed by atoms with E-state index in [2.05, 4.69) is 5.32 Å². The van der Waals surface area contributed by atoms with Crippen molar-refractivity contribution < 1.29 is 8.78 Å². The average Bonchev–Trinajstić information content (AvgIpc) is 2.40. The summed E-state index contributed by atoms with van der Waals surface area (Å²) >= 11 is 5.93. The van der Waals surface area contributed by atoms with E-state index in [9.17, 15) is 8.78 Å². The van der Waals surface area contributed by atoms with E-state index >= 15 is 0 Å². The second kappa shape index (κ2) is 6.13. The van der Waals surface area contributed by atoms with Crippen LogP contribution >= 0.6 is 11.6 Å². The zero-order chi connectivity index (χ0) is 13.8. The Morgan fingerprint density at radius 2 is 1.89 bits per heavy atom. The maximum Gasteiger partial charge on any atom is 0.159 e. The standard InChI is InChI=1S/C15H14ClF2N/c1-10(12-3-2-4-13(16)8-12)19-9-11-5-6-14(17)15(18)7-11/h2-8,10,19H,9H2,1H3. The molecule has 0 amide bonds. The second-order valence-corrected chi connectivity index (χ2v) is 4.84. The fourth-order valence-corrected chi connectivity index (χ4v) is 2.01. The summed E-state index contributed by atoms with van der Waals surface area (Å²) in [5.74, 6) is -1.65. The van der Waals surface area contributed by atoms with Crippen LogP contribution in [0.4, 0.5) is 8.78 Å². The highest BCUT2D eigenvalue weighted by Crippen LogP contribution is 2.18. The van der Waals surface area contributed by atoms with Crippen LogP contribution in [-0.4, -0.2) is 0 Å². The number of hydrogen-bond acceptors (Lipinski definition) is 1. The van der Waals surface area contributed by atoms with Gasteiger partial charge in [-0.1, -0.05) is 29.8 Å². The second-order valence-electron chi connectivity index (χ2n) is 4.41. The lowest BCUT2D eigenvalue weighted by Crippen LogP contribution is -2.18. The molecule has 0 aliphatic rings. The smallest absolute Gasteiger partial charge is 0.159 e. The molecule has 0 heterocycles. The Balaban J connectivity index is 2.00. The summed E-state index contributed by atoms with van der Waals surface area (Å²) in [6.07, 6.45) is 0. The Morgan fingerprint density at radius 3 is 2.58 bits per heavy atom. The molecular formula is C15H14ClF2N. The summed E-state index contributed by atoms with van der Waals surface area (Å²) in [6, 6.07) is 11.5. The number of nitrogens with one attached hydrogen (secondary N) is 1. The molecule has 0 bridgehead atoms. The van der Waals surface area contributed by atoms with Crippen LogP contribution < -0.4 is 5.32 Å². The highest BCUT2D eigenvalue weighted by molar-refractivity contribution is 6.30. The predicted octanol–water partition coefficient (Wildman–Crippen LogP) is 4.47. The maximum atomic E-state index is 13.1. The van der Waals surface area contributed by atoms with Gasteiger partial charge in [0.1, 0.15) is 0 Å². The van der Waals surface area contributed by atoms with Crippen molar-refractivity contribution in [1.29, 1.82) is 0 Å². The summed E-state index contributed by atoms with van der Waals surface area (Å²) in [7, 11) is 0. The van der Waals surface area contributed by atoms with Crippen molar-refractivity contribution in [2.45, 2.75) is 19.5 Å². The molecule has 1 nitrogen and oxygen atoms in total. The van der Waals surface area contributed by atoms with Crippen LogP contribution in [0.25, 0.3) is 0 Å². The van der Waals surface area contributed by atoms with Crippen LogP contribution in [0.1, 0.15) is 24.1 Å². The van der Waals surface area contributed by atoms with Crippen LogP contribution in [0.3, 0.4) is 0 Å². The van der Waals surface area contributed by atoms with Gasteiger partial charge in [-0.3, -0.25) is 0 Å². The van der Waals surface area contributed by atoms with E-state index in [1.807, 2.05) is 31.2 Å². The van der Waals surface area contributed by atoms with Crippen molar-refractivity contribution in [3.63, 3.8) is 0 Å². The summed E-state index contributed by atoms with van der Waals surface area (Å²) in [5.41, 5.74) is 1.75. The Kier molecular flexibility index (Phi) is 4.51. The summed E-state index contributed by atoms with van der Waals surface area (Å²) in [6.45, 7) is 2.45. The van der Waals surface area contributed by atoms with E-state index in [-0.39, 0.29) is 6.04 Å². The van der Waals surface area contributed by atoms with Gasteiger partial charge in [-0.15, -0.1) is 0 Å². The molecular weight excluding hydrogens is 268 g/mol. The maximum absolute atomic E-state index is 13.1. The normalized spacial score (nSPS) is 12.4. The van der Waals surface area contributed by atoms with Crippen molar-refractivity contribution in [2.24, 2.45) is 0 Å². The van der Waals surface area contributed by atoms with Crippen molar-refractivity contribution in [1.82, 2.24) is 5.32 Å².